The van der Waals surface area contributed by atoms with Gasteiger partial charge in [-0.3, -0.25) is 4.79 Å². The summed E-state index contributed by atoms with van der Waals surface area (Å²) in [6, 6.07) is 10.4. The number of nitrogens with one attached hydrogen (secondary N) is 1. The van der Waals surface area contributed by atoms with Crippen LogP contribution >= 0.6 is 0 Å². The molecule has 2 aromatic carbocycles. The Morgan fingerprint density at radius 2 is 1.73 bits per heavy atom. The molecule has 0 aliphatic heterocycles. The Bertz CT molecular complexity index is 777. The van der Waals surface area contributed by atoms with E-state index in [2.05, 4.69) is 5.32 Å². The summed E-state index contributed by atoms with van der Waals surface area (Å²) in [5.74, 6) is -2.74. The highest BCUT2D eigenvalue weighted by molar-refractivity contribution is 7.91. The van der Waals surface area contributed by atoms with Crippen molar-refractivity contribution < 1.29 is 22.0 Å². The molecule has 116 valence electrons. The second kappa shape index (κ2) is 6.65. The maximum absolute atomic E-state index is 13.4. The van der Waals surface area contributed by atoms with Gasteiger partial charge in [0.15, 0.2) is 9.84 Å². The van der Waals surface area contributed by atoms with Gasteiger partial charge in [-0.15, -0.1) is 0 Å². The Morgan fingerprint density at radius 3 is 2.36 bits per heavy atom. The first-order valence-corrected chi connectivity index (χ1v) is 8.06. The van der Waals surface area contributed by atoms with Gasteiger partial charge in [-0.05, 0) is 24.3 Å². The number of carbonyl (C=O) groups is 1. The predicted molar refractivity (Wildman–Crippen MR) is 78.1 cm³/mol. The number of sulfone groups is 1. The fourth-order valence-electron chi connectivity index (χ4n) is 1.78. The first-order valence-electron chi connectivity index (χ1n) is 6.41. The predicted octanol–water partition coefficient (Wildman–Crippen LogP) is 2.77. The van der Waals surface area contributed by atoms with E-state index in [4.69, 9.17) is 0 Å². The fourth-order valence-corrected chi connectivity index (χ4v) is 3.04. The molecule has 1 amide bonds. The summed E-state index contributed by atoms with van der Waals surface area (Å²) < 4.78 is 50.1. The van der Waals surface area contributed by atoms with Gasteiger partial charge in [-0.2, -0.15) is 0 Å². The van der Waals surface area contributed by atoms with Crippen LogP contribution < -0.4 is 5.32 Å². The molecule has 0 bridgehead atoms. The highest BCUT2D eigenvalue weighted by Gasteiger charge is 2.16. The minimum absolute atomic E-state index is 0.121. The number of amides is 1. The molecule has 0 heterocycles. The standard InChI is InChI=1S/C15H13F2NO3S/c16-11-6-7-14(13(17)10-11)18-15(19)8-9-22(20,21)12-4-2-1-3-5-12/h1-7,10H,8-9H2,(H,18,19). The molecule has 2 rings (SSSR count). The zero-order chi connectivity index (χ0) is 16.2. The van der Waals surface area contributed by atoms with Crippen LogP contribution in [0.3, 0.4) is 0 Å². The second-order valence-corrected chi connectivity index (χ2v) is 6.66. The fraction of sp³-hybridized carbons (Fsp3) is 0.133. The van der Waals surface area contributed by atoms with E-state index in [0.717, 1.165) is 12.1 Å². The lowest BCUT2D eigenvalue weighted by Crippen LogP contribution is -2.18. The summed E-state index contributed by atoms with van der Waals surface area (Å²) in [5, 5.41) is 2.22. The van der Waals surface area contributed by atoms with Gasteiger partial charge in [0.05, 0.1) is 16.3 Å². The maximum atomic E-state index is 13.4. The molecular weight excluding hydrogens is 312 g/mol. The van der Waals surface area contributed by atoms with Crippen LogP contribution in [0.15, 0.2) is 53.4 Å². The quantitative estimate of drug-likeness (QED) is 0.919. The van der Waals surface area contributed by atoms with Crippen LogP contribution in [0.4, 0.5) is 14.5 Å². The van der Waals surface area contributed by atoms with Crippen molar-refractivity contribution >= 4 is 21.4 Å². The highest BCUT2D eigenvalue weighted by atomic mass is 32.2. The number of carbonyl (C=O) groups excluding carboxylic acids is 1. The molecule has 0 saturated carbocycles. The zero-order valence-electron chi connectivity index (χ0n) is 11.4. The number of benzene rings is 2. The van der Waals surface area contributed by atoms with Crippen molar-refractivity contribution in [1.82, 2.24) is 0 Å². The third-order valence-corrected chi connectivity index (χ3v) is 4.64. The van der Waals surface area contributed by atoms with E-state index < -0.39 is 33.1 Å². The SMILES string of the molecule is O=C(CCS(=O)(=O)c1ccccc1)Nc1ccc(F)cc1F. The Hall–Kier alpha value is -2.28. The number of anilines is 1. The molecule has 0 aliphatic carbocycles. The molecular formula is C15H13F2NO3S. The summed E-state index contributed by atoms with van der Waals surface area (Å²) in [5.41, 5.74) is -0.191. The lowest BCUT2D eigenvalue weighted by atomic mass is 10.3. The molecule has 0 spiro atoms. The van der Waals surface area contributed by atoms with Crippen LogP contribution in [0.5, 0.6) is 0 Å². The molecule has 7 heteroatoms. The maximum Gasteiger partial charge on any atom is 0.225 e. The number of rotatable bonds is 5. The van der Waals surface area contributed by atoms with Gasteiger partial charge in [0, 0.05) is 12.5 Å². The molecule has 0 aromatic heterocycles. The third kappa shape index (κ3) is 4.11. The largest absolute Gasteiger partial charge is 0.324 e. The normalized spacial score (nSPS) is 11.2. The Morgan fingerprint density at radius 1 is 1.05 bits per heavy atom. The topological polar surface area (TPSA) is 63.2 Å². The summed E-state index contributed by atoms with van der Waals surface area (Å²) in [4.78, 5) is 11.8. The van der Waals surface area contributed by atoms with E-state index in [1.54, 1.807) is 18.2 Å². The van der Waals surface area contributed by atoms with E-state index in [1.165, 1.54) is 12.1 Å². The van der Waals surface area contributed by atoms with Crippen molar-refractivity contribution in [2.45, 2.75) is 11.3 Å². The van der Waals surface area contributed by atoms with Crippen molar-refractivity contribution in [3.8, 4) is 0 Å². The molecule has 22 heavy (non-hydrogen) atoms. The van der Waals surface area contributed by atoms with Crippen LogP contribution in [-0.2, 0) is 14.6 Å². The molecule has 0 radical (unpaired) electrons. The molecule has 0 unspecified atom stereocenters. The van der Waals surface area contributed by atoms with E-state index in [0.29, 0.717) is 6.07 Å². The monoisotopic (exact) mass is 325 g/mol. The minimum atomic E-state index is -3.58. The van der Waals surface area contributed by atoms with Crippen LogP contribution in [0.2, 0.25) is 0 Å². The van der Waals surface area contributed by atoms with Crippen molar-refractivity contribution in [3.63, 3.8) is 0 Å². The van der Waals surface area contributed by atoms with Gasteiger partial charge in [0.25, 0.3) is 0 Å². The summed E-state index contributed by atoms with van der Waals surface area (Å²) >= 11 is 0. The summed E-state index contributed by atoms with van der Waals surface area (Å²) in [6.07, 6.45) is -0.325. The first-order chi connectivity index (χ1) is 10.4. The van der Waals surface area contributed by atoms with Crippen molar-refractivity contribution in [1.29, 1.82) is 0 Å². The molecule has 2 aromatic rings. The van der Waals surface area contributed by atoms with Gasteiger partial charge in [0.1, 0.15) is 11.6 Å². The second-order valence-electron chi connectivity index (χ2n) is 4.55. The Labute approximate surface area is 126 Å². The molecule has 0 aliphatic rings. The minimum Gasteiger partial charge on any atom is -0.324 e. The van der Waals surface area contributed by atoms with Crippen molar-refractivity contribution in [2.75, 3.05) is 11.1 Å². The molecule has 0 fully saturated rings. The zero-order valence-corrected chi connectivity index (χ0v) is 12.2. The molecule has 4 nitrogen and oxygen atoms in total. The number of halogens is 2. The number of hydrogen-bond donors (Lipinski definition) is 1. The lowest BCUT2D eigenvalue weighted by Gasteiger charge is -2.07. The van der Waals surface area contributed by atoms with Crippen LogP contribution in [0.1, 0.15) is 6.42 Å². The highest BCUT2D eigenvalue weighted by Crippen LogP contribution is 2.16. The summed E-state index contributed by atoms with van der Waals surface area (Å²) in [6.45, 7) is 0. The molecule has 0 saturated heterocycles. The van der Waals surface area contributed by atoms with Crippen molar-refractivity contribution in [2.24, 2.45) is 0 Å². The average molecular weight is 325 g/mol. The lowest BCUT2D eigenvalue weighted by molar-refractivity contribution is -0.115. The first kappa shape index (κ1) is 16.1. The van der Waals surface area contributed by atoms with Gasteiger partial charge >= 0.3 is 0 Å². The van der Waals surface area contributed by atoms with Crippen LogP contribution in [0.25, 0.3) is 0 Å². The van der Waals surface area contributed by atoms with Gasteiger partial charge < -0.3 is 5.32 Å². The van der Waals surface area contributed by atoms with Crippen LogP contribution in [0, 0.1) is 11.6 Å². The van der Waals surface area contributed by atoms with E-state index in [9.17, 15) is 22.0 Å². The Balaban J connectivity index is 1.98. The van der Waals surface area contributed by atoms with E-state index >= 15 is 0 Å². The van der Waals surface area contributed by atoms with E-state index in [-0.39, 0.29) is 17.0 Å². The summed E-state index contributed by atoms with van der Waals surface area (Å²) in [7, 11) is -3.58. The van der Waals surface area contributed by atoms with Crippen molar-refractivity contribution in [3.05, 3.63) is 60.2 Å². The Kier molecular flexibility index (Phi) is 4.87. The third-order valence-electron chi connectivity index (χ3n) is 2.91. The van der Waals surface area contributed by atoms with Gasteiger partial charge in [0.2, 0.25) is 5.91 Å². The smallest absolute Gasteiger partial charge is 0.225 e. The molecule has 1 N–H and O–H groups in total. The van der Waals surface area contributed by atoms with E-state index in [1.807, 2.05) is 0 Å². The molecule has 0 atom stereocenters. The van der Waals surface area contributed by atoms with Gasteiger partial charge in [-0.25, -0.2) is 17.2 Å². The van der Waals surface area contributed by atoms with Gasteiger partial charge in [-0.1, -0.05) is 18.2 Å². The number of hydrogen-bond acceptors (Lipinski definition) is 3. The average Bonchev–Trinajstić information content (AvgIpc) is 2.49. The van der Waals surface area contributed by atoms with Crippen LogP contribution in [-0.4, -0.2) is 20.1 Å².